The van der Waals surface area contributed by atoms with Gasteiger partial charge >= 0.3 is 0 Å². The number of carbonyl (C=O) groups is 1. The number of hydrogen-bond acceptors (Lipinski definition) is 7. The van der Waals surface area contributed by atoms with E-state index in [2.05, 4.69) is 10.3 Å². The molecule has 0 unspecified atom stereocenters. The third-order valence-electron chi connectivity index (χ3n) is 5.65. The van der Waals surface area contributed by atoms with Crippen LogP contribution in [0.3, 0.4) is 0 Å². The number of hydrogen-bond donors (Lipinski definition) is 1. The van der Waals surface area contributed by atoms with E-state index in [1.807, 2.05) is 42.6 Å². The van der Waals surface area contributed by atoms with Gasteiger partial charge in [-0.2, -0.15) is 0 Å². The van der Waals surface area contributed by atoms with Crippen LogP contribution in [0.2, 0.25) is 0 Å². The van der Waals surface area contributed by atoms with Gasteiger partial charge in [0.15, 0.2) is 5.16 Å². The van der Waals surface area contributed by atoms with Gasteiger partial charge in [-0.1, -0.05) is 36.0 Å². The fourth-order valence-corrected chi connectivity index (χ4v) is 5.97. The normalized spacial score (nSPS) is 15.9. The molecule has 1 atom stereocenters. The van der Waals surface area contributed by atoms with Crippen LogP contribution in [-0.4, -0.2) is 39.7 Å². The Bertz CT molecular complexity index is 1330. The molecule has 0 bridgehead atoms. The summed E-state index contributed by atoms with van der Waals surface area (Å²) < 4.78 is 8.87. The zero-order valence-electron chi connectivity index (χ0n) is 18.0. The fraction of sp³-hybridized carbons (Fsp3) is 0.333. The van der Waals surface area contributed by atoms with Crippen LogP contribution in [0.15, 0.2) is 58.7 Å². The van der Waals surface area contributed by atoms with Crippen molar-refractivity contribution in [1.29, 1.82) is 0 Å². The van der Waals surface area contributed by atoms with E-state index in [9.17, 15) is 9.59 Å². The number of pyridine rings is 1. The number of aromatic nitrogens is 3. The van der Waals surface area contributed by atoms with Crippen molar-refractivity contribution in [2.24, 2.45) is 0 Å². The summed E-state index contributed by atoms with van der Waals surface area (Å²) in [6.07, 6.45) is 5.87. The van der Waals surface area contributed by atoms with Gasteiger partial charge in [0.05, 0.1) is 11.6 Å². The summed E-state index contributed by atoms with van der Waals surface area (Å²) in [6, 6.07) is 11.8. The number of amides is 1. The van der Waals surface area contributed by atoms with Gasteiger partial charge in [0.1, 0.15) is 4.70 Å². The predicted octanol–water partition coefficient (Wildman–Crippen LogP) is 3.98. The molecular formula is C24H24N4O3S2. The Labute approximate surface area is 199 Å². The molecule has 4 heterocycles. The van der Waals surface area contributed by atoms with Gasteiger partial charge in [0.25, 0.3) is 5.56 Å². The molecule has 1 N–H and O–H groups in total. The zero-order valence-corrected chi connectivity index (χ0v) is 19.7. The largest absolute Gasteiger partial charge is 0.376 e. The van der Waals surface area contributed by atoms with Crippen molar-refractivity contribution in [2.75, 3.05) is 13.2 Å². The quantitative estimate of drug-likeness (QED) is 0.303. The molecule has 0 aliphatic carbocycles. The lowest BCUT2D eigenvalue weighted by molar-refractivity contribution is -0.121. The second kappa shape index (κ2) is 10.0. The molecule has 1 fully saturated rings. The Morgan fingerprint density at radius 3 is 3.00 bits per heavy atom. The summed E-state index contributed by atoms with van der Waals surface area (Å²) in [6.45, 7) is 1.56. The first kappa shape index (κ1) is 22.1. The monoisotopic (exact) mass is 480 g/mol. The summed E-state index contributed by atoms with van der Waals surface area (Å²) >= 11 is 2.95. The molecular weight excluding hydrogens is 456 g/mol. The Balaban J connectivity index is 1.41. The molecule has 0 spiro atoms. The second-order valence-corrected chi connectivity index (χ2v) is 9.96. The van der Waals surface area contributed by atoms with Crippen molar-refractivity contribution < 1.29 is 9.53 Å². The van der Waals surface area contributed by atoms with E-state index in [-0.39, 0.29) is 30.5 Å². The molecule has 9 heteroatoms. The molecule has 1 saturated heterocycles. The van der Waals surface area contributed by atoms with Gasteiger partial charge in [-0.05, 0) is 30.5 Å². The van der Waals surface area contributed by atoms with E-state index in [0.717, 1.165) is 40.6 Å². The van der Waals surface area contributed by atoms with Crippen molar-refractivity contribution in [3.05, 3.63) is 64.7 Å². The van der Waals surface area contributed by atoms with Crippen LogP contribution in [0.4, 0.5) is 0 Å². The first-order valence-corrected chi connectivity index (χ1v) is 12.8. The van der Waals surface area contributed by atoms with Crippen LogP contribution in [-0.2, 0) is 21.8 Å². The Morgan fingerprint density at radius 1 is 1.27 bits per heavy atom. The number of rotatable bonds is 8. The van der Waals surface area contributed by atoms with Gasteiger partial charge in [-0.3, -0.25) is 19.1 Å². The molecule has 5 rings (SSSR count). The number of nitrogens with one attached hydrogen (secondary N) is 1. The molecule has 0 saturated carbocycles. The SMILES string of the molecule is O=C(CCn1c(SCc2cccnc2)nc2c(sc3ccccc32)c1=O)NC[C@H]1CCCO1. The number of ether oxygens (including phenoxy) is 1. The minimum absolute atomic E-state index is 0.0861. The molecule has 170 valence electrons. The summed E-state index contributed by atoms with van der Waals surface area (Å²) in [5, 5.41) is 4.54. The summed E-state index contributed by atoms with van der Waals surface area (Å²) in [5.74, 6) is 0.552. The molecule has 3 aromatic heterocycles. The third kappa shape index (κ3) is 4.95. The van der Waals surface area contributed by atoms with Crippen LogP contribution < -0.4 is 10.9 Å². The second-order valence-electron chi connectivity index (χ2n) is 7.97. The highest BCUT2D eigenvalue weighted by Crippen LogP contribution is 2.32. The molecule has 4 aromatic rings. The number of carbonyl (C=O) groups excluding carboxylic acids is 1. The smallest absolute Gasteiger partial charge is 0.272 e. The number of benzene rings is 1. The van der Waals surface area contributed by atoms with Gasteiger partial charge in [0, 0.05) is 54.3 Å². The van der Waals surface area contributed by atoms with Crippen LogP contribution in [0, 0.1) is 0 Å². The Kier molecular flexibility index (Phi) is 6.70. The maximum absolute atomic E-state index is 13.5. The van der Waals surface area contributed by atoms with Crippen molar-refractivity contribution in [2.45, 2.75) is 42.8 Å². The van der Waals surface area contributed by atoms with E-state index in [4.69, 9.17) is 9.72 Å². The minimum atomic E-state index is -0.0955. The van der Waals surface area contributed by atoms with E-state index in [1.165, 1.54) is 23.1 Å². The van der Waals surface area contributed by atoms with Crippen LogP contribution in [0.5, 0.6) is 0 Å². The highest BCUT2D eigenvalue weighted by molar-refractivity contribution is 7.98. The van der Waals surface area contributed by atoms with E-state index in [1.54, 1.807) is 10.8 Å². The maximum atomic E-state index is 13.5. The number of thiophene rings is 1. The highest BCUT2D eigenvalue weighted by atomic mass is 32.2. The zero-order chi connectivity index (χ0) is 22.6. The van der Waals surface area contributed by atoms with Crippen molar-refractivity contribution >= 4 is 49.3 Å². The summed E-state index contributed by atoms with van der Waals surface area (Å²) in [5.41, 5.74) is 1.68. The average molecular weight is 481 g/mol. The van der Waals surface area contributed by atoms with E-state index in [0.29, 0.717) is 22.2 Å². The Hall–Kier alpha value is -2.75. The van der Waals surface area contributed by atoms with Gasteiger partial charge in [0.2, 0.25) is 5.91 Å². The number of fused-ring (bicyclic) bond motifs is 3. The molecule has 7 nitrogen and oxygen atoms in total. The predicted molar refractivity (Wildman–Crippen MR) is 132 cm³/mol. The van der Waals surface area contributed by atoms with Crippen LogP contribution >= 0.6 is 23.1 Å². The topological polar surface area (TPSA) is 86.1 Å². The lowest BCUT2D eigenvalue weighted by Gasteiger charge is -2.13. The number of nitrogens with zero attached hydrogens (tertiary/aromatic N) is 3. The van der Waals surface area contributed by atoms with Gasteiger partial charge in [-0.15, -0.1) is 11.3 Å². The Morgan fingerprint density at radius 2 is 2.18 bits per heavy atom. The third-order valence-corrected chi connectivity index (χ3v) is 7.85. The molecule has 1 aromatic carbocycles. The lowest BCUT2D eigenvalue weighted by Crippen LogP contribution is -2.33. The maximum Gasteiger partial charge on any atom is 0.272 e. The molecule has 0 radical (unpaired) electrons. The highest BCUT2D eigenvalue weighted by Gasteiger charge is 2.19. The van der Waals surface area contributed by atoms with Crippen molar-refractivity contribution in [3.63, 3.8) is 0 Å². The van der Waals surface area contributed by atoms with Gasteiger partial charge < -0.3 is 10.1 Å². The van der Waals surface area contributed by atoms with E-state index >= 15 is 0 Å². The first-order chi connectivity index (χ1) is 16.2. The molecule has 1 aliphatic rings. The van der Waals surface area contributed by atoms with Crippen LogP contribution in [0.1, 0.15) is 24.8 Å². The van der Waals surface area contributed by atoms with E-state index < -0.39 is 0 Å². The van der Waals surface area contributed by atoms with Crippen molar-refractivity contribution in [1.82, 2.24) is 19.9 Å². The van der Waals surface area contributed by atoms with Crippen LogP contribution in [0.25, 0.3) is 20.3 Å². The number of thioether (sulfide) groups is 1. The fourth-order valence-electron chi connectivity index (χ4n) is 3.93. The average Bonchev–Trinajstić information content (AvgIpc) is 3.50. The van der Waals surface area contributed by atoms with Crippen molar-refractivity contribution in [3.8, 4) is 0 Å². The molecule has 1 amide bonds. The molecule has 33 heavy (non-hydrogen) atoms. The standard InChI is InChI=1S/C24H24N4O3S2/c29-20(26-14-17-6-4-12-31-17)9-11-28-23(30)22-21(18-7-1-2-8-19(18)33-22)27-24(28)32-15-16-5-3-10-25-13-16/h1-3,5,7-8,10,13,17H,4,6,9,11-12,14-15H2,(H,26,29)/t17-/m1/s1. The summed E-state index contributed by atoms with van der Waals surface area (Å²) in [4.78, 5) is 35.0. The lowest BCUT2D eigenvalue weighted by atomic mass is 10.2. The minimum Gasteiger partial charge on any atom is -0.376 e. The summed E-state index contributed by atoms with van der Waals surface area (Å²) in [7, 11) is 0. The molecule has 1 aliphatic heterocycles. The first-order valence-electron chi connectivity index (χ1n) is 11.0. The van der Waals surface area contributed by atoms with Gasteiger partial charge in [-0.25, -0.2) is 4.98 Å².